The number of hydrogen-bond donors (Lipinski definition) is 5. The van der Waals surface area contributed by atoms with Crippen LogP contribution in [0.1, 0.15) is 41.0 Å². The first-order valence-electron chi connectivity index (χ1n) is 7.52. The zero-order valence-electron chi connectivity index (χ0n) is 12.6. The second-order valence-corrected chi connectivity index (χ2v) is 5.86. The lowest BCUT2D eigenvalue weighted by molar-refractivity contribution is -0.128. The topological polar surface area (TPSA) is 131 Å². The lowest BCUT2D eigenvalue weighted by Gasteiger charge is -2.32. The van der Waals surface area contributed by atoms with Crippen molar-refractivity contribution in [3.8, 4) is 0 Å². The van der Waals surface area contributed by atoms with Crippen molar-refractivity contribution >= 4 is 0 Å². The van der Waals surface area contributed by atoms with E-state index in [1.807, 2.05) is 0 Å². The molecule has 3 rings (SSSR count). The Kier molecular flexibility index (Phi) is 4.53. The molecule has 5 N–H and O–H groups in total. The van der Waals surface area contributed by atoms with Crippen LogP contribution in [0.3, 0.4) is 0 Å². The van der Waals surface area contributed by atoms with Crippen LogP contribution < -0.4 is 5.43 Å². The van der Waals surface area contributed by atoms with Gasteiger partial charge in [0.1, 0.15) is 35.9 Å². The molecule has 0 unspecified atom stereocenters. The molecule has 0 saturated carbocycles. The Bertz CT molecular complexity index is 770. The lowest BCUT2D eigenvalue weighted by atomic mass is 9.87. The largest absolute Gasteiger partial charge is 0.462 e. The lowest BCUT2D eigenvalue weighted by Crippen LogP contribution is -2.44. The summed E-state index contributed by atoms with van der Waals surface area (Å²) >= 11 is 0. The number of rotatable bonds is 3. The van der Waals surface area contributed by atoms with Crippen molar-refractivity contribution in [2.24, 2.45) is 0 Å². The molecule has 7 heteroatoms. The number of fused-ring (bicyclic) bond motifs is 1. The van der Waals surface area contributed by atoms with Crippen LogP contribution in [-0.2, 0) is 6.42 Å². The van der Waals surface area contributed by atoms with Gasteiger partial charge >= 0.3 is 0 Å². The normalized spacial score (nSPS) is 27.5. The van der Waals surface area contributed by atoms with Gasteiger partial charge in [-0.05, 0) is 5.56 Å². The summed E-state index contributed by atoms with van der Waals surface area (Å²) < 4.78 is 5.43. The van der Waals surface area contributed by atoms with E-state index in [2.05, 4.69) is 0 Å². The zero-order valence-corrected chi connectivity index (χ0v) is 12.6. The fourth-order valence-electron chi connectivity index (χ4n) is 2.87. The maximum atomic E-state index is 12.2. The van der Waals surface area contributed by atoms with Crippen molar-refractivity contribution in [3.05, 3.63) is 69.3 Å². The van der Waals surface area contributed by atoms with Crippen molar-refractivity contribution < 1.29 is 29.9 Å². The molecule has 1 aliphatic rings. The molecule has 0 amide bonds. The van der Waals surface area contributed by atoms with Crippen molar-refractivity contribution in [1.29, 1.82) is 0 Å². The molecule has 0 spiro atoms. The van der Waals surface area contributed by atoms with Gasteiger partial charge in [-0.3, -0.25) is 4.79 Å². The number of aliphatic hydroxyl groups is 5. The zero-order chi connectivity index (χ0) is 17.4. The van der Waals surface area contributed by atoms with Gasteiger partial charge in [-0.2, -0.15) is 0 Å². The Balaban J connectivity index is 1.95. The summed E-state index contributed by atoms with van der Waals surface area (Å²) in [4.78, 5) is 12.2. The second kappa shape index (κ2) is 6.46. The predicted molar refractivity (Wildman–Crippen MR) is 82.0 cm³/mol. The Hall–Kier alpha value is -2.03. The van der Waals surface area contributed by atoms with E-state index in [1.165, 1.54) is 0 Å². The first-order chi connectivity index (χ1) is 11.4. The minimum atomic E-state index is -1.68. The molecule has 1 aliphatic carbocycles. The SMILES string of the molecule is O=c1cc(C[C@@H](O)c2ccccc2)oc2c1[C@H](O)[C@@H](O)[C@H](O)[C@H]2O. The van der Waals surface area contributed by atoms with Gasteiger partial charge in [0.15, 0.2) is 5.43 Å². The molecule has 7 nitrogen and oxygen atoms in total. The highest BCUT2D eigenvalue weighted by molar-refractivity contribution is 5.30. The Morgan fingerprint density at radius 3 is 2.29 bits per heavy atom. The highest BCUT2D eigenvalue weighted by atomic mass is 16.4. The molecule has 0 aliphatic heterocycles. The first kappa shape index (κ1) is 16.8. The Morgan fingerprint density at radius 2 is 1.62 bits per heavy atom. The minimum Gasteiger partial charge on any atom is -0.462 e. The fourth-order valence-corrected chi connectivity index (χ4v) is 2.87. The molecule has 5 atom stereocenters. The molecule has 1 aromatic carbocycles. The second-order valence-electron chi connectivity index (χ2n) is 5.86. The van der Waals surface area contributed by atoms with Crippen LogP contribution in [0, 0.1) is 0 Å². The third kappa shape index (κ3) is 2.88. The van der Waals surface area contributed by atoms with Crippen molar-refractivity contribution in [3.63, 3.8) is 0 Å². The van der Waals surface area contributed by atoms with Gasteiger partial charge in [-0.15, -0.1) is 0 Å². The minimum absolute atomic E-state index is 0.0198. The van der Waals surface area contributed by atoms with Crippen LogP contribution in [0.25, 0.3) is 0 Å². The maximum Gasteiger partial charge on any atom is 0.191 e. The van der Waals surface area contributed by atoms with Gasteiger partial charge in [-0.25, -0.2) is 0 Å². The molecule has 2 aromatic rings. The van der Waals surface area contributed by atoms with E-state index in [0.717, 1.165) is 6.07 Å². The van der Waals surface area contributed by atoms with E-state index in [9.17, 15) is 30.3 Å². The smallest absolute Gasteiger partial charge is 0.191 e. The van der Waals surface area contributed by atoms with Gasteiger partial charge in [0.05, 0.1) is 11.7 Å². The van der Waals surface area contributed by atoms with Gasteiger partial charge in [0.2, 0.25) is 0 Å². The van der Waals surface area contributed by atoms with Gasteiger partial charge in [0.25, 0.3) is 0 Å². The van der Waals surface area contributed by atoms with E-state index < -0.39 is 35.9 Å². The summed E-state index contributed by atoms with van der Waals surface area (Å²) in [6.07, 6.45) is -7.59. The van der Waals surface area contributed by atoms with Crippen molar-refractivity contribution in [1.82, 2.24) is 0 Å². The third-order valence-corrected chi connectivity index (χ3v) is 4.20. The van der Waals surface area contributed by atoms with Crippen molar-refractivity contribution in [2.45, 2.75) is 36.9 Å². The first-order valence-corrected chi connectivity index (χ1v) is 7.52. The van der Waals surface area contributed by atoms with Crippen LogP contribution in [0.2, 0.25) is 0 Å². The molecule has 128 valence electrons. The van der Waals surface area contributed by atoms with Gasteiger partial charge in [0, 0.05) is 12.5 Å². The standard InChI is InChI=1S/C17H18O7/c18-10(8-4-2-1-3-5-8)6-9-7-11(19)12-13(20)14(21)15(22)16(23)17(12)24-9/h1-5,7,10,13-16,18,20-23H,6H2/t10-,13+,14-,15+,16-/m1/s1. The molecule has 0 saturated heterocycles. The highest BCUT2D eigenvalue weighted by Gasteiger charge is 2.43. The molecule has 0 radical (unpaired) electrons. The summed E-state index contributed by atoms with van der Waals surface area (Å²) in [7, 11) is 0. The van der Waals surface area contributed by atoms with Crippen LogP contribution in [0.5, 0.6) is 0 Å². The number of hydrogen-bond acceptors (Lipinski definition) is 7. The summed E-state index contributed by atoms with van der Waals surface area (Å²) in [5.41, 5.74) is -0.281. The van der Waals surface area contributed by atoms with E-state index in [0.29, 0.717) is 5.56 Å². The van der Waals surface area contributed by atoms with E-state index in [1.54, 1.807) is 30.3 Å². The Labute approximate surface area is 137 Å². The van der Waals surface area contributed by atoms with Crippen LogP contribution in [-0.4, -0.2) is 37.7 Å². The average molecular weight is 334 g/mol. The van der Waals surface area contributed by atoms with Gasteiger partial charge in [-0.1, -0.05) is 30.3 Å². The summed E-state index contributed by atoms with van der Waals surface area (Å²) in [5, 5.41) is 49.5. The van der Waals surface area contributed by atoms with E-state index in [4.69, 9.17) is 4.42 Å². The maximum absolute atomic E-state index is 12.2. The van der Waals surface area contributed by atoms with Gasteiger partial charge < -0.3 is 29.9 Å². The molecule has 1 aromatic heterocycles. The Morgan fingerprint density at radius 1 is 1.00 bits per heavy atom. The van der Waals surface area contributed by atoms with Crippen molar-refractivity contribution in [2.75, 3.05) is 0 Å². The van der Waals surface area contributed by atoms with Crippen LogP contribution in [0.15, 0.2) is 45.6 Å². The summed E-state index contributed by atoms with van der Waals surface area (Å²) in [6.45, 7) is 0. The highest BCUT2D eigenvalue weighted by Crippen LogP contribution is 2.35. The molecule has 0 bridgehead atoms. The number of aliphatic hydroxyl groups excluding tert-OH is 5. The molecular weight excluding hydrogens is 316 g/mol. The average Bonchev–Trinajstić information content (AvgIpc) is 2.58. The van der Waals surface area contributed by atoms with E-state index in [-0.39, 0.29) is 23.5 Å². The quantitative estimate of drug-likeness (QED) is 0.521. The predicted octanol–water partition coefficient (Wildman–Crippen LogP) is -0.282. The molecular formula is C17H18O7. The third-order valence-electron chi connectivity index (χ3n) is 4.20. The number of benzene rings is 1. The van der Waals surface area contributed by atoms with Crippen LogP contribution >= 0.6 is 0 Å². The molecule has 1 heterocycles. The fraction of sp³-hybridized carbons (Fsp3) is 0.353. The molecule has 24 heavy (non-hydrogen) atoms. The van der Waals surface area contributed by atoms with E-state index >= 15 is 0 Å². The van der Waals surface area contributed by atoms with Crippen LogP contribution in [0.4, 0.5) is 0 Å². The molecule has 0 fully saturated rings. The summed E-state index contributed by atoms with van der Waals surface area (Å²) in [6, 6.07) is 9.88. The summed E-state index contributed by atoms with van der Waals surface area (Å²) in [5.74, 6) is -0.187. The monoisotopic (exact) mass is 334 g/mol.